The summed E-state index contributed by atoms with van der Waals surface area (Å²) in [5, 5.41) is 8.77. The van der Waals surface area contributed by atoms with E-state index in [1.165, 1.54) is 0 Å². The van der Waals surface area contributed by atoms with Crippen molar-refractivity contribution in [3.05, 3.63) is 30.3 Å². The predicted molar refractivity (Wildman–Crippen MR) is 63.4 cm³/mol. The van der Waals surface area contributed by atoms with Gasteiger partial charge in [-0.1, -0.05) is 40.8 Å². The van der Waals surface area contributed by atoms with Crippen LogP contribution in [0.1, 0.15) is 0 Å². The molecule has 0 aliphatic carbocycles. The molecule has 0 aliphatic heterocycles. The highest BCUT2D eigenvalue weighted by Gasteiger charge is 2.18. The van der Waals surface area contributed by atoms with Crippen molar-refractivity contribution in [3.63, 3.8) is 0 Å². The average molecular weight is 326 g/mol. The molecule has 0 amide bonds. The topological polar surface area (TPSA) is 54.4 Å². The predicted octanol–water partition coefficient (Wildman–Crippen LogP) is 1.26. The lowest BCUT2D eigenvalue weighted by Crippen LogP contribution is -2.18. The first-order valence-corrected chi connectivity index (χ1v) is 6.99. The molecule has 0 aromatic heterocycles. The third-order valence-corrected chi connectivity index (χ3v) is 4.96. The van der Waals surface area contributed by atoms with Gasteiger partial charge in [0.1, 0.15) is 0 Å². The van der Waals surface area contributed by atoms with Crippen molar-refractivity contribution >= 4 is 32.4 Å². The molecule has 0 radical (unpaired) electrons. The first-order valence-electron chi connectivity index (χ1n) is 4.09. The molecule has 0 spiro atoms. The maximum absolute atomic E-state index is 11.7. The van der Waals surface area contributed by atoms with Gasteiger partial charge >= 0.3 is 0 Å². The minimum Gasteiger partial charge on any atom is -0.395 e. The molecule has 1 unspecified atom stereocenters. The average Bonchev–Trinajstić information content (AvgIpc) is 2.18. The summed E-state index contributed by atoms with van der Waals surface area (Å²) in [6.07, 6.45) is 0. The molecular formula is C9H11IO3S. The minimum atomic E-state index is -3.24. The van der Waals surface area contributed by atoms with Crippen LogP contribution in [0, 0.1) is 0 Å². The number of rotatable bonds is 4. The van der Waals surface area contributed by atoms with Crippen LogP contribution in [0.5, 0.6) is 0 Å². The van der Waals surface area contributed by atoms with E-state index in [-0.39, 0.29) is 16.3 Å². The van der Waals surface area contributed by atoms with Gasteiger partial charge in [0.05, 0.1) is 17.3 Å². The second-order valence-electron chi connectivity index (χ2n) is 2.87. The molecule has 0 bridgehead atoms. The molecule has 0 saturated carbocycles. The van der Waals surface area contributed by atoms with Crippen LogP contribution in [0.2, 0.25) is 0 Å². The summed E-state index contributed by atoms with van der Waals surface area (Å²) in [6.45, 7) is -0.118. The van der Waals surface area contributed by atoms with Gasteiger partial charge in [0.25, 0.3) is 0 Å². The fourth-order valence-corrected chi connectivity index (χ4v) is 3.78. The third kappa shape index (κ3) is 3.21. The zero-order valence-electron chi connectivity index (χ0n) is 7.43. The van der Waals surface area contributed by atoms with Crippen molar-refractivity contribution in [3.8, 4) is 0 Å². The quantitative estimate of drug-likeness (QED) is 0.669. The van der Waals surface area contributed by atoms with E-state index in [0.29, 0.717) is 4.90 Å². The van der Waals surface area contributed by atoms with E-state index in [4.69, 9.17) is 5.11 Å². The van der Waals surface area contributed by atoms with Crippen LogP contribution in [-0.2, 0) is 9.84 Å². The Kier molecular flexibility index (Phi) is 4.33. The number of alkyl halides is 1. The highest BCUT2D eigenvalue weighted by Crippen LogP contribution is 2.14. The number of aliphatic hydroxyl groups excluding tert-OH is 1. The maximum Gasteiger partial charge on any atom is 0.179 e. The maximum atomic E-state index is 11.7. The van der Waals surface area contributed by atoms with E-state index in [0.717, 1.165) is 0 Å². The van der Waals surface area contributed by atoms with Crippen molar-refractivity contribution in [2.24, 2.45) is 0 Å². The van der Waals surface area contributed by atoms with Gasteiger partial charge in [0.15, 0.2) is 9.84 Å². The van der Waals surface area contributed by atoms with Crippen LogP contribution in [0.4, 0.5) is 0 Å². The number of aliphatic hydroxyl groups is 1. The smallest absolute Gasteiger partial charge is 0.179 e. The summed E-state index contributed by atoms with van der Waals surface area (Å²) in [4.78, 5) is 0.315. The van der Waals surface area contributed by atoms with E-state index >= 15 is 0 Å². The van der Waals surface area contributed by atoms with Crippen molar-refractivity contribution in [1.29, 1.82) is 0 Å². The van der Waals surface area contributed by atoms with Crippen molar-refractivity contribution in [1.82, 2.24) is 0 Å². The molecule has 3 nitrogen and oxygen atoms in total. The van der Waals surface area contributed by atoms with Crippen LogP contribution >= 0.6 is 22.6 Å². The Bertz CT molecular complexity index is 374. The van der Waals surface area contributed by atoms with Crippen LogP contribution in [0.25, 0.3) is 0 Å². The van der Waals surface area contributed by atoms with Gasteiger partial charge in [0.2, 0.25) is 0 Å². The molecule has 1 aromatic rings. The number of hydrogen-bond donors (Lipinski definition) is 1. The Balaban J connectivity index is 2.87. The van der Waals surface area contributed by atoms with Gasteiger partial charge in [0, 0.05) is 3.92 Å². The van der Waals surface area contributed by atoms with Crippen LogP contribution in [0.15, 0.2) is 35.2 Å². The molecule has 0 fully saturated rings. The molecule has 78 valence electrons. The van der Waals surface area contributed by atoms with Crippen LogP contribution in [0.3, 0.4) is 0 Å². The molecule has 14 heavy (non-hydrogen) atoms. The standard InChI is InChI=1S/C9H11IO3S/c10-8(6-11)7-14(12,13)9-4-2-1-3-5-9/h1-5,8,11H,6-7H2. The Hall–Kier alpha value is -0.140. The fraction of sp³-hybridized carbons (Fsp3) is 0.333. The first-order chi connectivity index (χ1) is 6.56. The Morgan fingerprint density at radius 3 is 2.36 bits per heavy atom. The number of hydrogen-bond acceptors (Lipinski definition) is 3. The number of sulfone groups is 1. The normalized spacial score (nSPS) is 13.9. The van der Waals surface area contributed by atoms with E-state index in [9.17, 15) is 8.42 Å². The van der Waals surface area contributed by atoms with E-state index in [1.54, 1.807) is 30.3 Å². The fourth-order valence-electron chi connectivity index (χ4n) is 1.01. The molecule has 0 heterocycles. The molecule has 0 aliphatic rings. The summed E-state index contributed by atoms with van der Waals surface area (Å²) in [5.74, 6) is -0.0198. The molecule has 0 saturated heterocycles. The van der Waals surface area contributed by atoms with Crippen LogP contribution < -0.4 is 0 Å². The Labute approximate surface area is 97.2 Å². The summed E-state index contributed by atoms with van der Waals surface area (Å²) >= 11 is 1.93. The van der Waals surface area contributed by atoms with Gasteiger partial charge < -0.3 is 5.11 Å². The van der Waals surface area contributed by atoms with Gasteiger partial charge in [-0.15, -0.1) is 0 Å². The lowest BCUT2D eigenvalue weighted by molar-refractivity contribution is 0.304. The summed E-state index contributed by atoms with van der Waals surface area (Å²) in [6, 6.07) is 8.28. The zero-order valence-corrected chi connectivity index (χ0v) is 10.4. The van der Waals surface area contributed by atoms with Gasteiger partial charge in [-0.3, -0.25) is 0 Å². The molecule has 5 heteroatoms. The lowest BCUT2D eigenvalue weighted by Gasteiger charge is -2.07. The van der Waals surface area contributed by atoms with Crippen molar-refractivity contribution < 1.29 is 13.5 Å². The van der Waals surface area contributed by atoms with Crippen molar-refractivity contribution in [2.45, 2.75) is 8.82 Å². The molecular weight excluding hydrogens is 315 g/mol. The lowest BCUT2D eigenvalue weighted by atomic mass is 10.4. The second-order valence-corrected chi connectivity index (χ2v) is 6.67. The first kappa shape index (κ1) is 11.9. The second kappa shape index (κ2) is 5.09. The number of halogens is 1. The monoisotopic (exact) mass is 326 g/mol. The van der Waals surface area contributed by atoms with Crippen molar-refractivity contribution in [2.75, 3.05) is 12.4 Å². The zero-order chi connectivity index (χ0) is 10.6. The summed E-state index contributed by atoms with van der Waals surface area (Å²) in [7, 11) is -3.24. The van der Waals surface area contributed by atoms with E-state index < -0.39 is 9.84 Å². The third-order valence-electron chi connectivity index (χ3n) is 1.70. The Morgan fingerprint density at radius 1 is 1.29 bits per heavy atom. The highest BCUT2D eigenvalue weighted by molar-refractivity contribution is 14.1. The SMILES string of the molecule is O=S(=O)(CC(I)CO)c1ccccc1. The van der Waals surface area contributed by atoms with Crippen LogP contribution in [-0.4, -0.2) is 29.8 Å². The molecule has 1 aromatic carbocycles. The number of benzene rings is 1. The van der Waals surface area contributed by atoms with E-state index in [1.807, 2.05) is 22.6 Å². The van der Waals surface area contributed by atoms with Gasteiger partial charge in [-0.25, -0.2) is 8.42 Å². The molecule has 1 N–H and O–H groups in total. The molecule has 1 rings (SSSR count). The van der Waals surface area contributed by atoms with E-state index in [2.05, 4.69) is 0 Å². The van der Waals surface area contributed by atoms with Gasteiger partial charge in [-0.2, -0.15) is 0 Å². The summed E-state index contributed by atoms with van der Waals surface area (Å²) < 4.78 is 23.1. The minimum absolute atomic E-state index is 0.0198. The van der Waals surface area contributed by atoms with Gasteiger partial charge in [-0.05, 0) is 12.1 Å². The highest BCUT2D eigenvalue weighted by atomic mass is 127. The Morgan fingerprint density at radius 2 is 1.86 bits per heavy atom. The molecule has 1 atom stereocenters. The summed E-state index contributed by atoms with van der Waals surface area (Å²) in [5.41, 5.74) is 0. The largest absolute Gasteiger partial charge is 0.395 e.